The van der Waals surface area contributed by atoms with Crippen LogP contribution in [0.25, 0.3) is 0 Å². The number of ketones is 1. The number of hydrogen-bond donors (Lipinski definition) is 0. The molecule has 0 aromatic heterocycles. The number of rotatable bonds is 4. The zero-order chi connectivity index (χ0) is 12.9. The van der Waals surface area contributed by atoms with Gasteiger partial charge in [-0.15, -0.1) is 0 Å². The van der Waals surface area contributed by atoms with Gasteiger partial charge in [-0.25, -0.2) is 0 Å². The predicted octanol–water partition coefficient (Wildman–Crippen LogP) is 3.50. The molecule has 0 N–H and O–H groups in total. The average Bonchev–Trinajstić information content (AvgIpc) is 2.49. The van der Waals surface area contributed by atoms with Crippen molar-refractivity contribution < 1.29 is 4.79 Å². The van der Waals surface area contributed by atoms with E-state index in [0.717, 1.165) is 18.9 Å². The van der Waals surface area contributed by atoms with Crippen molar-refractivity contribution in [1.82, 2.24) is 4.90 Å². The van der Waals surface area contributed by atoms with E-state index in [4.69, 9.17) is 0 Å². The van der Waals surface area contributed by atoms with E-state index in [2.05, 4.69) is 11.8 Å². The Morgan fingerprint density at radius 3 is 2.53 bits per heavy atom. The van der Waals surface area contributed by atoms with Crippen molar-refractivity contribution in [2.75, 3.05) is 19.6 Å². The van der Waals surface area contributed by atoms with E-state index >= 15 is 0 Å². The molecule has 17 heavy (non-hydrogen) atoms. The van der Waals surface area contributed by atoms with Crippen LogP contribution in [0.3, 0.4) is 0 Å². The first-order valence-electron chi connectivity index (χ1n) is 7.19. The van der Waals surface area contributed by atoms with Gasteiger partial charge in [-0.05, 0) is 38.3 Å². The first kappa shape index (κ1) is 14.7. The molecule has 0 aliphatic carbocycles. The lowest BCUT2D eigenvalue weighted by atomic mass is 9.89. The van der Waals surface area contributed by atoms with Gasteiger partial charge in [0.25, 0.3) is 0 Å². The highest BCUT2D eigenvalue weighted by Crippen LogP contribution is 2.21. The molecule has 0 aromatic rings. The lowest BCUT2D eigenvalue weighted by Gasteiger charge is -2.22. The highest BCUT2D eigenvalue weighted by Gasteiger charge is 2.22. The second-order valence-electron chi connectivity index (χ2n) is 6.47. The lowest BCUT2D eigenvalue weighted by Crippen LogP contribution is -2.30. The third-order valence-electron chi connectivity index (χ3n) is 4.01. The van der Waals surface area contributed by atoms with Gasteiger partial charge in [0, 0.05) is 18.4 Å². The molecule has 1 heterocycles. The van der Waals surface area contributed by atoms with Crippen molar-refractivity contribution >= 4 is 5.78 Å². The Labute approximate surface area is 107 Å². The Balaban J connectivity index is 2.30. The predicted molar refractivity (Wildman–Crippen MR) is 73.2 cm³/mol. The second kappa shape index (κ2) is 6.53. The number of carbonyl (C=O) groups excluding carboxylic acids is 1. The molecule has 0 amide bonds. The maximum absolute atomic E-state index is 11.9. The van der Waals surface area contributed by atoms with Crippen molar-refractivity contribution in [1.29, 1.82) is 0 Å². The largest absolute Gasteiger partial charge is 0.303 e. The molecule has 0 aromatic carbocycles. The summed E-state index contributed by atoms with van der Waals surface area (Å²) in [5.41, 5.74) is -0.169. The number of likely N-dealkylation sites (tertiary alicyclic amines) is 1. The van der Waals surface area contributed by atoms with Crippen LogP contribution in [-0.2, 0) is 4.79 Å². The molecule has 1 atom stereocenters. The maximum atomic E-state index is 11.9. The molecular weight excluding hydrogens is 210 g/mol. The zero-order valence-electron chi connectivity index (χ0n) is 12.1. The molecule has 1 aliphatic heterocycles. The Kier molecular flexibility index (Phi) is 5.64. The van der Waals surface area contributed by atoms with Gasteiger partial charge in [0.2, 0.25) is 0 Å². The molecule has 100 valence electrons. The molecule has 0 spiro atoms. The molecule has 0 saturated carbocycles. The average molecular weight is 239 g/mol. The highest BCUT2D eigenvalue weighted by atomic mass is 16.1. The van der Waals surface area contributed by atoms with Crippen LogP contribution in [0.4, 0.5) is 0 Å². The van der Waals surface area contributed by atoms with Crippen molar-refractivity contribution in [2.45, 2.75) is 59.8 Å². The fraction of sp³-hybridized carbons (Fsp3) is 0.933. The summed E-state index contributed by atoms with van der Waals surface area (Å²) in [5.74, 6) is 1.31. The van der Waals surface area contributed by atoms with E-state index in [-0.39, 0.29) is 5.41 Å². The van der Waals surface area contributed by atoms with Crippen molar-refractivity contribution in [3.63, 3.8) is 0 Å². The lowest BCUT2D eigenvalue weighted by molar-refractivity contribution is -0.126. The summed E-state index contributed by atoms with van der Waals surface area (Å²) in [6.07, 6.45) is 6.04. The molecule has 1 unspecified atom stereocenters. The van der Waals surface area contributed by atoms with Gasteiger partial charge >= 0.3 is 0 Å². The minimum absolute atomic E-state index is 0.169. The SMILES string of the molecule is CCC1CCCN(CCC(=O)C(C)(C)C)CC1. The van der Waals surface area contributed by atoms with Crippen LogP contribution in [0.15, 0.2) is 0 Å². The van der Waals surface area contributed by atoms with Gasteiger partial charge in [-0.1, -0.05) is 34.1 Å². The fourth-order valence-corrected chi connectivity index (χ4v) is 2.49. The quantitative estimate of drug-likeness (QED) is 0.748. The minimum Gasteiger partial charge on any atom is -0.303 e. The number of carbonyl (C=O) groups is 1. The molecule has 1 aliphatic rings. The van der Waals surface area contributed by atoms with E-state index in [1.54, 1.807) is 0 Å². The first-order chi connectivity index (χ1) is 7.93. The Morgan fingerprint density at radius 1 is 1.24 bits per heavy atom. The van der Waals surface area contributed by atoms with Crippen LogP contribution in [0.1, 0.15) is 59.8 Å². The van der Waals surface area contributed by atoms with Gasteiger partial charge in [0.05, 0.1) is 0 Å². The second-order valence-corrected chi connectivity index (χ2v) is 6.47. The summed E-state index contributed by atoms with van der Waals surface area (Å²) < 4.78 is 0. The van der Waals surface area contributed by atoms with E-state index in [1.807, 2.05) is 20.8 Å². The normalized spacial score (nSPS) is 23.4. The van der Waals surface area contributed by atoms with Crippen LogP contribution in [0.5, 0.6) is 0 Å². The summed E-state index contributed by atoms with van der Waals surface area (Å²) >= 11 is 0. The van der Waals surface area contributed by atoms with Crippen molar-refractivity contribution in [2.24, 2.45) is 11.3 Å². The van der Waals surface area contributed by atoms with Crippen LogP contribution in [0.2, 0.25) is 0 Å². The van der Waals surface area contributed by atoms with Gasteiger partial charge in [-0.2, -0.15) is 0 Å². The van der Waals surface area contributed by atoms with Gasteiger partial charge in [-0.3, -0.25) is 4.79 Å². The summed E-state index contributed by atoms with van der Waals surface area (Å²) in [7, 11) is 0. The smallest absolute Gasteiger partial charge is 0.139 e. The molecule has 1 saturated heterocycles. The monoisotopic (exact) mass is 239 g/mol. The van der Waals surface area contributed by atoms with Gasteiger partial charge < -0.3 is 4.90 Å². The third-order valence-corrected chi connectivity index (χ3v) is 4.01. The van der Waals surface area contributed by atoms with E-state index in [9.17, 15) is 4.79 Å². The van der Waals surface area contributed by atoms with Crippen molar-refractivity contribution in [3.8, 4) is 0 Å². The van der Waals surface area contributed by atoms with E-state index in [1.165, 1.54) is 38.8 Å². The molecule has 0 radical (unpaired) electrons. The Hall–Kier alpha value is -0.370. The molecular formula is C15H29NO. The zero-order valence-corrected chi connectivity index (χ0v) is 12.1. The number of nitrogens with zero attached hydrogens (tertiary/aromatic N) is 1. The van der Waals surface area contributed by atoms with Crippen LogP contribution >= 0.6 is 0 Å². The summed E-state index contributed by atoms with van der Waals surface area (Å²) in [4.78, 5) is 14.4. The van der Waals surface area contributed by atoms with Crippen LogP contribution in [0, 0.1) is 11.3 Å². The summed E-state index contributed by atoms with van der Waals surface area (Å²) in [6, 6.07) is 0. The number of hydrogen-bond acceptors (Lipinski definition) is 2. The van der Waals surface area contributed by atoms with Gasteiger partial charge in [0.1, 0.15) is 5.78 Å². The Morgan fingerprint density at radius 2 is 1.94 bits per heavy atom. The summed E-state index contributed by atoms with van der Waals surface area (Å²) in [6.45, 7) is 11.7. The number of Topliss-reactive ketones (excluding diaryl/α,β-unsaturated/α-hetero) is 1. The van der Waals surface area contributed by atoms with E-state index in [0.29, 0.717) is 5.78 Å². The molecule has 2 nitrogen and oxygen atoms in total. The first-order valence-corrected chi connectivity index (χ1v) is 7.19. The van der Waals surface area contributed by atoms with Crippen LogP contribution < -0.4 is 0 Å². The topological polar surface area (TPSA) is 20.3 Å². The summed E-state index contributed by atoms with van der Waals surface area (Å²) in [5, 5.41) is 0. The highest BCUT2D eigenvalue weighted by molar-refractivity contribution is 5.83. The molecule has 1 fully saturated rings. The van der Waals surface area contributed by atoms with E-state index < -0.39 is 0 Å². The maximum Gasteiger partial charge on any atom is 0.139 e. The molecule has 2 heteroatoms. The standard InChI is InChI=1S/C15H29NO/c1-5-13-7-6-10-16(11-8-13)12-9-14(17)15(2,3)4/h13H,5-12H2,1-4H3. The molecule has 0 bridgehead atoms. The third kappa shape index (κ3) is 5.20. The van der Waals surface area contributed by atoms with Crippen molar-refractivity contribution in [3.05, 3.63) is 0 Å². The minimum atomic E-state index is -0.169. The molecule has 1 rings (SSSR count). The fourth-order valence-electron chi connectivity index (χ4n) is 2.49. The van der Waals surface area contributed by atoms with Crippen LogP contribution in [-0.4, -0.2) is 30.3 Å². The Bertz CT molecular complexity index is 242. The van der Waals surface area contributed by atoms with Gasteiger partial charge in [0.15, 0.2) is 0 Å².